The Morgan fingerprint density at radius 3 is 2.52 bits per heavy atom. The summed E-state index contributed by atoms with van der Waals surface area (Å²) in [6.45, 7) is 9.01. The van der Waals surface area contributed by atoms with Crippen molar-refractivity contribution in [3.05, 3.63) is 64.1 Å². The lowest BCUT2D eigenvalue weighted by molar-refractivity contribution is 0.219. The van der Waals surface area contributed by atoms with Gasteiger partial charge in [-0.05, 0) is 47.7 Å². The van der Waals surface area contributed by atoms with Crippen LogP contribution in [-0.2, 0) is 25.2 Å². The predicted molar refractivity (Wildman–Crippen MR) is 101 cm³/mol. The Balaban J connectivity index is 1.81. The molecule has 2 aromatic heterocycles. The van der Waals surface area contributed by atoms with Gasteiger partial charge in [0.1, 0.15) is 0 Å². The Labute approximate surface area is 153 Å². The highest BCUT2D eigenvalue weighted by molar-refractivity contribution is 7.09. The van der Waals surface area contributed by atoms with Crippen molar-refractivity contribution < 1.29 is 0 Å². The van der Waals surface area contributed by atoms with Gasteiger partial charge in [0.2, 0.25) is 0 Å². The normalized spacial score (nSPS) is 12.0. The summed E-state index contributed by atoms with van der Waals surface area (Å²) in [6, 6.07) is 14.8. The summed E-state index contributed by atoms with van der Waals surface area (Å²) in [6.07, 6.45) is 0.981. The Morgan fingerprint density at radius 1 is 1.04 bits per heavy atom. The molecule has 3 rings (SSSR count). The molecule has 0 radical (unpaired) electrons. The molecule has 0 aliphatic rings. The third-order valence-corrected chi connectivity index (χ3v) is 5.41. The number of thiophene rings is 1. The molecule has 0 saturated heterocycles. The molecular formula is C19H25N5S. The maximum absolute atomic E-state index is 4.30. The molecule has 0 atom stereocenters. The van der Waals surface area contributed by atoms with Gasteiger partial charge in [-0.25, -0.2) is 4.68 Å². The molecule has 2 heterocycles. The Bertz CT molecular complexity index is 764. The fourth-order valence-corrected chi connectivity index (χ4v) is 3.50. The van der Waals surface area contributed by atoms with E-state index < -0.39 is 0 Å². The molecule has 0 aliphatic carbocycles. The van der Waals surface area contributed by atoms with Crippen LogP contribution in [0.4, 0.5) is 0 Å². The van der Waals surface area contributed by atoms with E-state index in [2.05, 4.69) is 89.0 Å². The summed E-state index contributed by atoms with van der Waals surface area (Å²) in [5.41, 5.74) is 1.22. The summed E-state index contributed by atoms with van der Waals surface area (Å²) in [7, 11) is 0. The fraction of sp³-hybridized carbons (Fsp3) is 0.421. The minimum atomic E-state index is -0.0832. The molecule has 0 unspecified atom stereocenters. The SMILES string of the molecule is CCC(C)(C)n1nnnc1CN(Cc1ccccc1)Cc1cccs1. The summed E-state index contributed by atoms with van der Waals surface area (Å²) < 4.78 is 1.97. The van der Waals surface area contributed by atoms with Crippen LogP contribution in [0.15, 0.2) is 47.8 Å². The zero-order chi connectivity index (χ0) is 17.7. The number of benzene rings is 1. The highest BCUT2D eigenvalue weighted by Crippen LogP contribution is 2.21. The molecule has 0 fully saturated rings. The second kappa shape index (κ2) is 7.89. The van der Waals surface area contributed by atoms with Gasteiger partial charge in [-0.2, -0.15) is 0 Å². The van der Waals surface area contributed by atoms with Gasteiger partial charge >= 0.3 is 0 Å². The number of aromatic nitrogens is 4. The van der Waals surface area contributed by atoms with E-state index >= 15 is 0 Å². The number of hydrogen-bond donors (Lipinski definition) is 0. The van der Waals surface area contributed by atoms with E-state index in [0.717, 1.165) is 31.9 Å². The highest BCUT2D eigenvalue weighted by atomic mass is 32.1. The van der Waals surface area contributed by atoms with Crippen LogP contribution >= 0.6 is 11.3 Å². The van der Waals surface area contributed by atoms with Crippen LogP contribution in [0.1, 0.15) is 43.5 Å². The van der Waals surface area contributed by atoms with Crippen molar-refractivity contribution in [3.8, 4) is 0 Å². The first-order valence-electron chi connectivity index (χ1n) is 8.65. The highest BCUT2D eigenvalue weighted by Gasteiger charge is 2.24. The number of rotatable bonds is 8. The molecule has 6 heteroatoms. The second-order valence-electron chi connectivity index (χ2n) is 6.88. The van der Waals surface area contributed by atoms with Crippen molar-refractivity contribution in [2.75, 3.05) is 0 Å². The minimum Gasteiger partial charge on any atom is -0.287 e. The third kappa shape index (κ3) is 4.52. The smallest absolute Gasteiger partial charge is 0.165 e. The van der Waals surface area contributed by atoms with Crippen LogP contribution in [0.5, 0.6) is 0 Å². The largest absolute Gasteiger partial charge is 0.287 e. The topological polar surface area (TPSA) is 46.8 Å². The third-order valence-electron chi connectivity index (χ3n) is 4.55. The summed E-state index contributed by atoms with van der Waals surface area (Å²) in [4.78, 5) is 3.75. The van der Waals surface area contributed by atoms with Crippen LogP contribution < -0.4 is 0 Å². The molecule has 25 heavy (non-hydrogen) atoms. The molecule has 5 nitrogen and oxygen atoms in total. The average molecular weight is 356 g/mol. The van der Waals surface area contributed by atoms with Gasteiger partial charge in [0.25, 0.3) is 0 Å². The molecular weight excluding hydrogens is 330 g/mol. The van der Waals surface area contributed by atoms with Gasteiger partial charge in [-0.1, -0.05) is 43.3 Å². The van der Waals surface area contributed by atoms with Gasteiger partial charge in [-0.15, -0.1) is 16.4 Å². The van der Waals surface area contributed by atoms with Crippen LogP contribution in [0.2, 0.25) is 0 Å². The van der Waals surface area contributed by atoms with Gasteiger partial charge in [-0.3, -0.25) is 4.90 Å². The molecule has 0 bridgehead atoms. The van der Waals surface area contributed by atoms with Gasteiger partial charge < -0.3 is 0 Å². The summed E-state index contributed by atoms with van der Waals surface area (Å²) in [5, 5.41) is 14.6. The fourth-order valence-electron chi connectivity index (χ4n) is 2.76. The first-order valence-corrected chi connectivity index (χ1v) is 9.53. The predicted octanol–water partition coefficient (Wildman–Crippen LogP) is 4.08. The zero-order valence-electron chi connectivity index (χ0n) is 15.1. The lowest BCUT2D eigenvalue weighted by atomic mass is 10.0. The molecule has 0 saturated carbocycles. The maximum Gasteiger partial charge on any atom is 0.165 e. The molecule has 0 spiro atoms. The van der Waals surface area contributed by atoms with E-state index in [-0.39, 0.29) is 5.54 Å². The van der Waals surface area contributed by atoms with E-state index in [1.807, 2.05) is 4.68 Å². The van der Waals surface area contributed by atoms with E-state index in [9.17, 15) is 0 Å². The lowest BCUT2D eigenvalue weighted by Gasteiger charge is -2.26. The van der Waals surface area contributed by atoms with Crippen molar-refractivity contribution in [2.45, 2.75) is 52.4 Å². The van der Waals surface area contributed by atoms with Gasteiger partial charge in [0, 0.05) is 18.0 Å². The zero-order valence-corrected chi connectivity index (χ0v) is 15.9. The van der Waals surface area contributed by atoms with Crippen molar-refractivity contribution in [2.24, 2.45) is 0 Å². The van der Waals surface area contributed by atoms with Crippen molar-refractivity contribution >= 4 is 11.3 Å². The molecule has 0 N–H and O–H groups in total. The van der Waals surface area contributed by atoms with Crippen molar-refractivity contribution in [3.63, 3.8) is 0 Å². The number of nitrogens with zero attached hydrogens (tertiary/aromatic N) is 5. The number of tetrazole rings is 1. The van der Waals surface area contributed by atoms with Crippen molar-refractivity contribution in [1.29, 1.82) is 0 Å². The summed E-state index contributed by atoms with van der Waals surface area (Å²) >= 11 is 1.79. The van der Waals surface area contributed by atoms with E-state index in [1.165, 1.54) is 10.4 Å². The van der Waals surface area contributed by atoms with Crippen LogP contribution in [-0.4, -0.2) is 25.1 Å². The van der Waals surface area contributed by atoms with Gasteiger partial charge in [0.05, 0.1) is 12.1 Å². The van der Waals surface area contributed by atoms with Crippen LogP contribution in [0.3, 0.4) is 0 Å². The first-order chi connectivity index (χ1) is 12.1. The monoisotopic (exact) mass is 355 g/mol. The maximum atomic E-state index is 4.30. The second-order valence-corrected chi connectivity index (χ2v) is 7.92. The standard InChI is InChI=1S/C19H25N5S/c1-4-19(2,3)24-18(20-21-22-24)15-23(14-17-11-8-12-25-17)13-16-9-6-5-7-10-16/h5-12H,4,13-15H2,1-3H3. The molecule has 1 aromatic carbocycles. The minimum absolute atomic E-state index is 0.0832. The average Bonchev–Trinajstić information content (AvgIpc) is 3.28. The molecule has 3 aromatic rings. The molecule has 132 valence electrons. The Hall–Kier alpha value is -2.05. The molecule has 0 aliphatic heterocycles. The van der Waals surface area contributed by atoms with Crippen LogP contribution in [0, 0.1) is 0 Å². The number of hydrogen-bond acceptors (Lipinski definition) is 5. The van der Waals surface area contributed by atoms with E-state index in [4.69, 9.17) is 0 Å². The Morgan fingerprint density at radius 2 is 1.84 bits per heavy atom. The Kier molecular flexibility index (Phi) is 5.60. The van der Waals surface area contributed by atoms with E-state index in [0.29, 0.717) is 0 Å². The molecule has 0 amide bonds. The lowest BCUT2D eigenvalue weighted by Crippen LogP contribution is -2.31. The van der Waals surface area contributed by atoms with E-state index in [1.54, 1.807) is 11.3 Å². The van der Waals surface area contributed by atoms with Crippen LogP contribution in [0.25, 0.3) is 0 Å². The quantitative estimate of drug-likeness (QED) is 0.611. The first kappa shape index (κ1) is 17.8. The van der Waals surface area contributed by atoms with Gasteiger partial charge in [0.15, 0.2) is 5.82 Å². The van der Waals surface area contributed by atoms with Crippen molar-refractivity contribution in [1.82, 2.24) is 25.1 Å². The summed E-state index contributed by atoms with van der Waals surface area (Å²) in [5.74, 6) is 0.916.